The molecule has 0 bridgehead atoms. The molecule has 3 heteroatoms. The lowest BCUT2D eigenvalue weighted by Crippen LogP contribution is -2.35. The van der Waals surface area contributed by atoms with Crippen molar-refractivity contribution in [2.45, 2.75) is 44.4 Å². The average Bonchev–Trinajstić information content (AvgIpc) is 3.16. The van der Waals surface area contributed by atoms with Crippen LogP contribution in [0.1, 0.15) is 44.6 Å². The van der Waals surface area contributed by atoms with Crippen LogP contribution < -0.4 is 5.32 Å². The fourth-order valence-electron chi connectivity index (χ4n) is 2.30. The molecule has 1 aromatic rings. The highest BCUT2D eigenvalue weighted by Crippen LogP contribution is 2.48. The third-order valence-electron chi connectivity index (χ3n) is 3.63. The standard InChI is InChI=1S/C15H20ClNO/c1-2-3-4-10-17-14(18)15(8-9-15)12-6-5-7-13(16)11-12/h5-7,11H,2-4,8-10H2,1H3,(H,17,18). The van der Waals surface area contributed by atoms with Gasteiger partial charge in [0.15, 0.2) is 0 Å². The van der Waals surface area contributed by atoms with E-state index in [-0.39, 0.29) is 11.3 Å². The maximum absolute atomic E-state index is 12.2. The maximum Gasteiger partial charge on any atom is 0.230 e. The van der Waals surface area contributed by atoms with Crippen molar-refractivity contribution in [3.05, 3.63) is 34.9 Å². The van der Waals surface area contributed by atoms with E-state index in [1.54, 1.807) is 0 Å². The summed E-state index contributed by atoms with van der Waals surface area (Å²) >= 11 is 6.00. The van der Waals surface area contributed by atoms with E-state index in [1.165, 1.54) is 12.8 Å². The van der Waals surface area contributed by atoms with Crippen molar-refractivity contribution in [3.63, 3.8) is 0 Å². The smallest absolute Gasteiger partial charge is 0.230 e. The molecular formula is C15H20ClNO. The first kappa shape index (κ1) is 13.4. The summed E-state index contributed by atoms with van der Waals surface area (Å²) in [7, 11) is 0. The fraction of sp³-hybridized carbons (Fsp3) is 0.533. The Labute approximate surface area is 114 Å². The Bertz CT molecular complexity index is 426. The highest BCUT2D eigenvalue weighted by molar-refractivity contribution is 6.30. The summed E-state index contributed by atoms with van der Waals surface area (Å²) < 4.78 is 0. The summed E-state index contributed by atoms with van der Waals surface area (Å²) in [5, 5.41) is 3.76. The first-order valence-electron chi connectivity index (χ1n) is 6.73. The molecule has 0 atom stereocenters. The van der Waals surface area contributed by atoms with Gasteiger partial charge in [0, 0.05) is 11.6 Å². The minimum atomic E-state index is -0.295. The lowest BCUT2D eigenvalue weighted by atomic mass is 9.95. The Hall–Kier alpha value is -1.02. The van der Waals surface area contributed by atoms with Crippen LogP contribution in [0.3, 0.4) is 0 Å². The van der Waals surface area contributed by atoms with E-state index in [0.717, 1.165) is 31.4 Å². The van der Waals surface area contributed by atoms with E-state index < -0.39 is 0 Å². The van der Waals surface area contributed by atoms with Gasteiger partial charge in [-0.25, -0.2) is 0 Å². The molecule has 1 aliphatic rings. The molecule has 98 valence electrons. The van der Waals surface area contributed by atoms with Gasteiger partial charge in [0.05, 0.1) is 5.41 Å². The van der Waals surface area contributed by atoms with E-state index in [1.807, 2.05) is 24.3 Å². The zero-order chi connectivity index (χ0) is 13.0. The molecule has 1 aliphatic carbocycles. The van der Waals surface area contributed by atoms with E-state index in [4.69, 9.17) is 11.6 Å². The normalized spacial score (nSPS) is 16.3. The van der Waals surface area contributed by atoms with Gasteiger partial charge in [-0.15, -0.1) is 0 Å². The SMILES string of the molecule is CCCCCNC(=O)C1(c2cccc(Cl)c2)CC1. The molecule has 1 N–H and O–H groups in total. The number of halogens is 1. The van der Waals surface area contributed by atoms with Crippen LogP contribution in [0.25, 0.3) is 0 Å². The Morgan fingerprint density at radius 2 is 2.17 bits per heavy atom. The lowest BCUT2D eigenvalue weighted by molar-refractivity contribution is -0.123. The number of nitrogens with one attached hydrogen (secondary N) is 1. The zero-order valence-electron chi connectivity index (χ0n) is 10.8. The molecule has 1 aromatic carbocycles. The highest BCUT2D eigenvalue weighted by atomic mass is 35.5. The van der Waals surface area contributed by atoms with Crippen molar-refractivity contribution >= 4 is 17.5 Å². The summed E-state index contributed by atoms with van der Waals surface area (Å²) in [4.78, 5) is 12.2. The zero-order valence-corrected chi connectivity index (χ0v) is 11.6. The number of amides is 1. The van der Waals surface area contributed by atoms with Gasteiger partial charge in [0.1, 0.15) is 0 Å². The summed E-state index contributed by atoms with van der Waals surface area (Å²) in [6.45, 7) is 2.95. The molecule has 0 spiro atoms. The first-order chi connectivity index (χ1) is 8.69. The number of carbonyl (C=O) groups excluding carboxylic acids is 1. The van der Waals surface area contributed by atoms with Crippen LogP contribution in [-0.4, -0.2) is 12.5 Å². The molecule has 0 unspecified atom stereocenters. The Morgan fingerprint density at radius 1 is 1.39 bits per heavy atom. The number of hydrogen-bond donors (Lipinski definition) is 1. The lowest BCUT2D eigenvalue weighted by Gasteiger charge is -2.16. The van der Waals surface area contributed by atoms with Crippen molar-refractivity contribution in [1.82, 2.24) is 5.32 Å². The predicted molar refractivity (Wildman–Crippen MR) is 74.9 cm³/mol. The molecule has 0 saturated heterocycles. The van der Waals surface area contributed by atoms with Crippen LogP contribution >= 0.6 is 11.6 Å². The van der Waals surface area contributed by atoms with E-state index >= 15 is 0 Å². The average molecular weight is 266 g/mol. The molecule has 1 fully saturated rings. The molecular weight excluding hydrogens is 246 g/mol. The fourth-order valence-corrected chi connectivity index (χ4v) is 2.49. The van der Waals surface area contributed by atoms with Gasteiger partial charge in [-0.3, -0.25) is 4.79 Å². The van der Waals surface area contributed by atoms with Crippen LogP contribution in [0.5, 0.6) is 0 Å². The van der Waals surface area contributed by atoms with E-state index in [9.17, 15) is 4.79 Å². The molecule has 1 saturated carbocycles. The third-order valence-corrected chi connectivity index (χ3v) is 3.86. The number of benzene rings is 1. The van der Waals surface area contributed by atoms with Crippen molar-refractivity contribution in [2.24, 2.45) is 0 Å². The molecule has 0 aliphatic heterocycles. The topological polar surface area (TPSA) is 29.1 Å². The van der Waals surface area contributed by atoms with Gasteiger partial charge in [-0.05, 0) is 37.0 Å². The Balaban J connectivity index is 1.97. The molecule has 0 aromatic heterocycles. The molecule has 0 radical (unpaired) electrons. The second-order valence-electron chi connectivity index (χ2n) is 5.06. The van der Waals surface area contributed by atoms with Gasteiger partial charge in [-0.2, -0.15) is 0 Å². The van der Waals surface area contributed by atoms with Crippen molar-refractivity contribution in [1.29, 1.82) is 0 Å². The summed E-state index contributed by atoms with van der Waals surface area (Å²) in [5.74, 6) is 0.167. The molecule has 2 rings (SSSR count). The monoisotopic (exact) mass is 265 g/mol. The summed E-state index contributed by atoms with van der Waals surface area (Å²) in [6.07, 6.45) is 5.29. The van der Waals surface area contributed by atoms with Crippen LogP contribution in [0.4, 0.5) is 0 Å². The molecule has 1 amide bonds. The van der Waals surface area contributed by atoms with Gasteiger partial charge in [0.25, 0.3) is 0 Å². The summed E-state index contributed by atoms with van der Waals surface area (Å²) in [5.41, 5.74) is 0.764. The minimum Gasteiger partial charge on any atom is -0.355 e. The second kappa shape index (κ2) is 5.75. The van der Waals surface area contributed by atoms with Gasteiger partial charge < -0.3 is 5.32 Å². The van der Waals surface area contributed by atoms with Crippen molar-refractivity contribution in [2.75, 3.05) is 6.54 Å². The van der Waals surface area contributed by atoms with Gasteiger partial charge >= 0.3 is 0 Å². The molecule has 2 nitrogen and oxygen atoms in total. The quantitative estimate of drug-likeness (QED) is 0.781. The first-order valence-corrected chi connectivity index (χ1v) is 7.11. The minimum absolute atomic E-state index is 0.167. The number of hydrogen-bond acceptors (Lipinski definition) is 1. The van der Waals surface area contributed by atoms with E-state index in [2.05, 4.69) is 12.2 Å². The van der Waals surface area contributed by atoms with E-state index in [0.29, 0.717) is 5.02 Å². The Morgan fingerprint density at radius 3 is 2.78 bits per heavy atom. The van der Waals surface area contributed by atoms with Crippen molar-refractivity contribution in [3.8, 4) is 0 Å². The number of carbonyl (C=O) groups is 1. The molecule has 18 heavy (non-hydrogen) atoms. The third kappa shape index (κ3) is 2.86. The van der Waals surface area contributed by atoms with Gasteiger partial charge in [-0.1, -0.05) is 43.5 Å². The molecule has 0 heterocycles. The summed E-state index contributed by atoms with van der Waals surface area (Å²) in [6, 6.07) is 7.69. The maximum atomic E-state index is 12.2. The van der Waals surface area contributed by atoms with Crippen LogP contribution in [0, 0.1) is 0 Å². The van der Waals surface area contributed by atoms with Gasteiger partial charge in [0.2, 0.25) is 5.91 Å². The van der Waals surface area contributed by atoms with Crippen LogP contribution in [0.2, 0.25) is 5.02 Å². The van der Waals surface area contributed by atoms with Crippen molar-refractivity contribution < 1.29 is 4.79 Å². The second-order valence-corrected chi connectivity index (χ2v) is 5.49. The highest BCUT2D eigenvalue weighted by Gasteiger charge is 2.51. The number of rotatable bonds is 6. The van der Waals surface area contributed by atoms with Crippen LogP contribution in [-0.2, 0) is 10.2 Å². The number of unbranched alkanes of at least 4 members (excludes halogenated alkanes) is 2. The Kier molecular flexibility index (Phi) is 4.28. The largest absolute Gasteiger partial charge is 0.355 e. The van der Waals surface area contributed by atoms with Crippen LogP contribution in [0.15, 0.2) is 24.3 Å². The predicted octanol–water partition coefficient (Wildman–Crippen LogP) is 3.68.